The van der Waals surface area contributed by atoms with Gasteiger partial charge in [-0.25, -0.2) is 4.79 Å². The van der Waals surface area contributed by atoms with Gasteiger partial charge < -0.3 is 9.94 Å². The number of rotatable bonds is 0. The summed E-state index contributed by atoms with van der Waals surface area (Å²) in [5.74, 6) is -0.294. The van der Waals surface area contributed by atoms with Crippen molar-refractivity contribution in [3.05, 3.63) is 46.5 Å². The first-order valence-electron chi connectivity index (χ1n) is 8.67. The van der Waals surface area contributed by atoms with Crippen LogP contribution in [0.5, 0.6) is 0 Å². The van der Waals surface area contributed by atoms with E-state index < -0.39 is 0 Å². The summed E-state index contributed by atoms with van der Waals surface area (Å²) in [5, 5.41) is 12.8. The van der Waals surface area contributed by atoms with Gasteiger partial charge in [-0.3, -0.25) is 0 Å². The fourth-order valence-electron chi connectivity index (χ4n) is 3.17. The number of fused-ring (bicyclic) bond motifs is 1. The normalized spacial score (nSPS) is 23.2. The smallest absolute Gasteiger partial charge is 0.338 e. The quantitative estimate of drug-likeness (QED) is 0.324. The van der Waals surface area contributed by atoms with E-state index in [0.717, 1.165) is 48.8 Å². The molecule has 0 aliphatic carbocycles. The summed E-state index contributed by atoms with van der Waals surface area (Å²) in [4.78, 5) is 12.7. The van der Waals surface area contributed by atoms with Crippen molar-refractivity contribution in [2.45, 2.75) is 65.4 Å². The number of hydrogen-bond donors (Lipinski definition) is 1. The van der Waals surface area contributed by atoms with Crippen LogP contribution in [0.3, 0.4) is 0 Å². The number of oxime groups is 1. The fourth-order valence-corrected chi connectivity index (χ4v) is 3.17. The van der Waals surface area contributed by atoms with Crippen LogP contribution in [-0.2, 0) is 11.2 Å². The molecule has 0 bridgehead atoms. The molecule has 0 saturated heterocycles. The van der Waals surface area contributed by atoms with Crippen molar-refractivity contribution in [3.63, 3.8) is 0 Å². The molecule has 1 aromatic rings. The lowest BCUT2D eigenvalue weighted by molar-refractivity contribution is 0.0346. The van der Waals surface area contributed by atoms with Crippen LogP contribution < -0.4 is 0 Å². The molecule has 1 aliphatic heterocycles. The Morgan fingerprint density at radius 2 is 2.00 bits per heavy atom. The number of aryl methyl sites for hydroxylation is 2. The zero-order chi connectivity index (χ0) is 17.5. The minimum atomic E-state index is -0.294. The first-order valence-corrected chi connectivity index (χ1v) is 8.67. The molecule has 24 heavy (non-hydrogen) atoms. The summed E-state index contributed by atoms with van der Waals surface area (Å²) in [5.41, 5.74) is 4.19. The van der Waals surface area contributed by atoms with Crippen LogP contribution in [0.2, 0.25) is 0 Å². The second-order valence-electron chi connectivity index (χ2n) is 6.63. The fraction of sp³-hybridized carbons (Fsp3) is 0.500. The van der Waals surface area contributed by atoms with Gasteiger partial charge in [-0.05, 0) is 57.6 Å². The maximum atomic E-state index is 12.7. The Kier molecular flexibility index (Phi) is 6.59. The average molecular weight is 329 g/mol. The number of ether oxygens (including phenoxy) is 1. The number of allylic oxidation sites excluding steroid dienone is 1. The van der Waals surface area contributed by atoms with Crippen molar-refractivity contribution in [1.82, 2.24) is 0 Å². The Morgan fingerprint density at radius 1 is 1.21 bits per heavy atom. The van der Waals surface area contributed by atoms with Crippen LogP contribution in [0.1, 0.15) is 66.1 Å². The van der Waals surface area contributed by atoms with Crippen molar-refractivity contribution >= 4 is 11.7 Å². The monoisotopic (exact) mass is 329 g/mol. The highest BCUT2D eigenvalue weighted by molar-refractivity contribution is 5.96. The Balaban J connectivity index is 2.39. The van der Waals surface area contributed by atoms with Crippen molar-refractivity contribution in [3.8, 4) is 0 Å². The first kappa shape index (κ1) is 18.2. The van der Waals surface area contributed by atoms with E-state index in [4.69, 9.17) is 4.74 Å². The number of benzene rings is 1. The zero-order valence-corrected chi connectivity index (χ0v) is 14.8. The molecule has 1 aliphatic rings. The van der Waals surface area contributed by atoms with E-state index in [1.165, 1.54) is 0 Å². The van der Waals surface area contributed by atoms with Gasteiger partial charge in [0.05, 0.1) is 11.3 Å². The molecule has 1 atom stereocenters. The maximum absolute atomic E-state index is 12.7. The number of hydrogen-bond acceptors (Lipinski definition) is 4. The average Bonchev–Trinajstić information content (AvgIpc) is 2.51. The van der Waals surface area contributed by atoms with Crippen LogP contribution in [-0.4, -0.2) is 23.0 Å². The zero-order valence-electron chi connectivity index (χ0n) is 14.8. The number of nitrogens with zero attached hydrogens (tertiary/aromatic N) is 1. The maximum Gasteiger partial charge on any atom is 0.338 e. The topological polar surface area (TPSA) is 58.9 Å². The molecular weight excluding hydrogens is 302 g/mol. The summed E-state index contributed by atoms with van der Waals surface area (Å²) >= 11 is 0. The van der Waals surface area contributed by atoms with Gasteiger partial charge in [-0.15, -0.1) is 0 Å². The van der Waals surface area contributed by atoms with Crippen LogP contribution in [0.25, 0.3) is 0 Å². The first-order chi connectivity index (χ1) is 11.5. The number of carbonyl (C=O) groups is 1. The van der Waals surface area contributed by atoms with E-state index in [9.17, 15) is 10.0 Å². The molecule has 0 aromatic heterocycles. The summed E-state index contributed by atoms with van der Waals surface area (Å²) in [6.45, 7) is 5.85. The minimum absolute atomic E-state index is 0.156. The predicted octanol–water partition coefficient (Wildman–Crippen LogP) is 4.74. The van der Waals surface area contributed by atoms with Crippen LogP contribution in [0, 0.1) is 13.8 Å². The molecule has 4 heteroatoms. The van der Waals surface area contributed by atoms with Gasteiger partial charge in [-0.2, -0.15) is 0 Å². The second-order valence-corrected chi connectivity index (χ2v) is 6.63. The van der Waals surface area contributed by atoms with Crippen LogP contribution >= 0.6 is 0 Å². The molecule has 2 rings (SSSR count). The largest absolute Gasteiger partial charge is 0.459 e. The van der Waals surface area contributed by atoms with Gasteiger partial charge in [0.25, 0.3) is 0 Å². The standard InChI is InChI=1S/C20H27NO3/c1-14-11-15(2)19-17(12-14)13-18(21-23)10-8-6-4-5-7-9-16(3)24-20(19)22/h5,7,11-12,16,23H,4,6,8-10,13H2,1-3H3/b7-5+,21-18?. The Hall–Kier alpha value is -2.10. The van der Waals surface area contributed by atoms with E-state index in [-0.39, 0.29) is 12.1 Å². The molecule has 1 unspecified atom stereocenters. The van der Waals surface area contributed by atoms with Crippen LogP contribution in [0.4, 0.5) is 0 Å². The number of esters is 1. The molecule has 4 nitrogen and oxygen atoms in total. The van der Waals surface area contributed by atoms with Crippen molar-refractivity contribution in [1.29, 1.82) is 0 Å². The van der Waals surface area contributed by atoms with E-state index in [0.29, 0.717) is 17.7 Å². The molecule has 0 spiro atoms. The molecule has 0 radical (unpaired) electrons. The molecule has 0 amide bonds. The minimum Gasteiger partial charge on any atom is -0.459 e. The lowest BCUT2D eigenvalue weighted by Gasteiger charge is -2.17. The molecule has 0 fully saturated rings. The highest BCUT2D eigenvalue weighted by Crippen LogP contribution is 2.22. The SMILES string of the molecule is Cc1cc(C)c2c(c1)CC(=NO)CCCC/C=C/CC(C)OC2=O. The Bertz CT molecular complexity index is 647. The van der Waals surface area contributed by atoms with Crippen molar-refractivity contribution < 1.29 is 14.7 Å². The summed E-state index contributed by atoms with van der Waals surface area (Å²) in [7, 11) is 0. The van der Waals surface area contributed by atoms with Crippen molar-refractivity contribution in [2.24, 2.45) is 5.16 Å². The summed E-state index contributed by atoms with van der Waals surface area (Å²) < 4.78 is 5.62. The molecular formula is C20H27NO3. The van der Waals surface area contributed by atoms with Gasteiger partial charge in [0, 0.05) is 12.8 Å². The molecule has 1 N–H and O–H groups in total. The van der Waals surface area contributed by atoms with Gasteiger partial charge in [0.1, 0.15) is 6.10 Å². The lowest BCUT2D eigenvalue weighted by atomic mass is 9.93. The highest BCUT2D eigenvalue weighted by Gasteiger charge is 2.20. The van der Waals surface area contributed by atoms with Gasteiger partial charge in [-0.1, -0.05) is 35.0 Å². The van der Waals surface area contributed by atoms with E-state index in [1.807, 2.05) is 32.9 Å². The molecule has 130 valence electrons. The highest BCUT2D eigenvalue weighted by atomic mass is 16.5. The van der Waals surface area contributed by atoms with Gasteiger partial charge >= 0.3 is 5.97 Å². The van der Waals surface area contributed by atoms with E-state index >= 15 is 0 Å². The third-order valence-electron chi connectivity index (χ3n) is 4.33. The molecule has 1 heterocycles. The summed E-state index contributed by atoms with van der Waals surface area (Å²) in [6, 6.07) is 3.98. The van der Waals surface area contributed by atoms with Gasteiger partial charge in [0.2, 0.25) is 0 Å². The number of carbonyl (C=O) groups excluding carboxylic acids is 1. The van der Waals surface area contributed by atoms with Crippen molar-refractivity contribution in [2.75, 3.05) is 0 Å². The van der Waals surface area contributed by atoms with E-state index in [1.54, 1.807) is 0 Å². The number of cyclic esters (lactones) is 1. The Morgan fingerprint density at radius 3 is 2.75 bits per heavy atom. The third kappa shape index (κ3) is 4.95. The Labute approximate surface area is 144 Å². The second kappa shape index (κ2) is 8.67. The van der Waals surface area contributed by atoms with Crippen LogP contribution in [0.15, 0.2) is 29.4 Å². The third-order valence-corrected chi connectivity index (χ3v) is 4.33. The van der Waals surface area contributed by atoms with E-state index in [2.05, 4.69) is 17.3 Å². The lowest BCUT2D eigenvalue weighted by Crippen LogP contribution is -2.18. The predicted molar refractivity (Wildman–Crippen MR) is 95.9 cm³/mol. The summed E-state index contributed by atoms with van der Waals surface area (Å²) in [6.07, 6.45) is 9.03. The van der Waals surface area contributed by atoms with Gasteiger partial charge in [0.15, 0.2) is 0 Å². The molecule has 0 saturated carbocycles. The molecule has 1 aromatic carbocycles.